The second kappa shape index (κ2) is 24.5. The fourth-order valence-corrected chi connectivity index (χ4v) is 3.46. The average Bonchev–Trinajstić information content (AvgIpc) is 2.45. The van der Waals surface area contributed by atoms with Crippen molar-refractivity contribution in [2.75, 3.05) is 6.16 Å². The zero-order valence-electron chi connectivity index (χ0n) is 16.7. The van der Waals surface area contributed by atoms with Gasteiger partial charge in [0.25, 0.3) is 0 Å². The summed E-state index contributed by atoms with van der Waals surface area (Å²) < 4.78 is 10.5. The van der Waals surface area contributed by atoms with Gasteiger partial charge in [-0.15, -0.1) is 0 Å². The molecule has 0 aromatic rings. The van der Waals surface area contributed by atoms with Crippen molar-refractivity contribution in [2.24, 2.45) is 0 Å². The van der Waals surface area contributed by atoms with Gasteiger partial charge in [0.1, 0.15) is 0 Å². The molecule has 0 fully saturated rings. The van der Waals surface area contributed by atoms with Gasteiger partial charge in [0.15, 0.2) is 0 Å². The van der Waals surface area contributed by atoms with Gasteiger partial charge in [-0.1, -0.05) is 111 Å². The van der Waals surface area contributed by atoms with Crippen LogP contribution in [0, 0.1) is 0 Å². The van der Waals surface area contributed by atoms with E-state index in [2.05, 4.69) is 6.92 Å². The van der Waals surface area contributed by atoms with Gasteiger partial charge in [0, 0.05) is 0 Å². The van der Waals surface area contributed by atoms with E-state index in [4.69, 9.17) is 0 Å². The first-order chi connectivity index (χ1) is 10.6. The van der Waals surface area contributed by atoms with Crippen molar-refractivity contribution < 1.29 is 117 Å². The van der Waals surface area contributed by atoms with Gasteiger partial charge in [-0.25, -0.2) is 0 Å². The summed E-state index contributed by atoms with van der Waals surface area (Å²) in [6.07, 6.45) is 19.9. The Kier molecular flexibility index (Phi) is 32.7. The molecular formula is C18H37K2O3P. The minimum Gasteiger partial charge on any atom is -0.811 e. The molecule has 0 spiro atoms. The van der Waals surface area contributed by atoms with Crippen LogP contribution >= 0.6 is 7.60 Å². The Bertz CT molecular complexity index is 273. The molecular weight excluding hydrogens is 373 g/mol. The molecule has 134 valence electrons. The fraction of sp³-hybridized carbons (Fsp3) is 1.00. The Labute approximate surface area is 236 Å². The van der Waals surface area contributed by atoms with Crippen LogP contribution in [-0.4, -0.2) is 6.16 Å². The van der Waals surface area contributed by atoms with E-state index >= 15 is 0 Å². The SMILES string of the molecule is CCCCCCCCCCCCCCCCCCP(=O)([O-])[O-].[K+].[K+]. The normalized spacial score (nSPS) is 11.0. The maximum Gasteiger partial charge on any atom is 1.00 e. The van der Waals surface area contributed by atoms with Crippen molar-refractivity contribution >= 4 is 7.60 Å². The molecule has 0 heterocycles. The first-order valence-electron chi connectivity index (χ1n) is 9.57. The summed E-state index contributed by atoms with van der Waals surface area (Å²) in [6, 6.07) is 0. The Morgan fingerprint density at radius 2 is 0.792 bits per heavy atom. The fourth-order valence-electron chi connectivity index (χ4n) is 2.85. The Morgan fingerprint density at radius 1 is 0.542 bits per heavy atom. The van der Waals surface area contributed by atoms with Crippen LogP contribution in [0.1, 0.15) is 110 Å². The second-order valence-electron chi connectivity index (χ2n) is 6.64. The third kappa shape index (κ3) is 30.2. The molecule has 0 aliphatic rings. The molecule has 6 heteroatoms. The molecule has 0 bridgehead atoms. The van der Waals surface area contributed by atoms with Gasteiger partial charge in [0.2, 0.25) is 0 Å². The Morgan fingerprint density at radius 3 is 1.04 bits per heavy atom. The van der Waals surface area contributed by atoms with Crippen molar-refractivity contribution in [3.05, 3.63) is 0 Å². The summed E-state index contributed by atoms with van der Waals surface area (Å²) in [5.41, 5.74) is 0. The van der Waals surface area contributed by atoms with Crippen molar-refractivity contribution in [1.82, 2.24) is 0 Å². The summed E-state index contributed by atoms with van der Waals surface area (Å²) in [5.74, 6) is 0. The maximum absolute atomic E-state index is 10.5. The molecule has 0 saturated heterocycles. The number of hydrogen-bond acceptors (Lipinski definition) is 3. The van der Waals surface area contributed by atoms with Gasteiger partial charge >= 0.3 is 103 Å². The topological polar surface area (TPSA) is 63.2 Å². The van der Waals surface area contributed by atoms with Crippen molar-refractivity contribution in [3.63, 3.8) is 0 Å². The molecule has 0 amide bonds. The minimum absolute atomic E-state index is 0. The zero-order chi connectivity index (χ0) is 16.5. The van der Waals surface area contributed by atoms with E-state index in [9.17, 15) is 14.4 Å². The molecule has 0 aromatic carbocycles. The van der Waals surface area contributed by atoms with Gasteiger partial charge < -0.3 is 14.4 Å². The van der Waals surface area contributed by atoms with Crippen LogP contribution in [0.2, 0.25) is 0 Å². The number of unbranched alkanes of at least 4 members (excludes halogenated alkanes) is 15. The van der Waals surface area contributed by atoms with Gasteiger partial charge in [-0.3, -0.25) is 0 Å². The van der Waals surface area contributed by atoms with E-state index < -0.39 is 7.60 Å². The van der Waals surface area contributed by atoms with Crippen LogP contribution in [0.25, 0.3) is 0 Å². The molecule has 0 aliphatic carbocycles. The molecule has 0 aliphatic heterocycles. The van der Waals surface area contributed by atoms with Crippen LogP contribution < -0.4 is 113 Å². The molecule has 0 radical (unpaired) electrons. The summed E-state index contributed by atoms with van der Waals surface area (Å²) in [6.45, 7) is 2.26. The molecule has 0 saturated carbocycles. The van der Waals surface area contributed by atoms with Crippen LogP contribution in [-0.2, 0) is 4.57 Å². The standard InChI is InChI=1S/C18H39O3P.2K/c1-2-3-4-5-6-7-8-9-10-11-12-13-14-15-16-17-18-22(19,20)21;;/h2-18H2,1H3,(H2,19,20,21);;/q;2*+1/p-2. The third-order valence-corrected chi connectivity index (χ3v) is 5.15. The van der Waals surface area contributed by atoms with Crippen molar-refractivity contribution in [3.8, 4) is 0 Å². The largest absolute Gasteiger partial charge is 1.00 e. The van der Waals surface area contributed by atoms with Crippen LogP contribution in [0.5, 0.6) is 0 Å². The zero-order valence-corrected chi connectivity index (χ0v) is 23.8. The average molecular weight is 411 g/mol. The minimum atomic E-state index is -4.25. The predicted molar refractivity (Wildman–Crippen MR) is 92.0 cm³/mol. The number of hydrogen-bond donors (Lipinski definition) is 0. The van der Waals surface area contributed by atoms with Crippen molar-refractivity contribution in [2.45, 2.75) is 110 Å². The third-order valence-electron chi connectivity index (χ3n) is 4.29. The molecule has 3 nitrogen and oxygen atoms in total. The smallest absolute Gasteiger partial charge is 0.811 e. The summed E-state index contributed by atoms with van der Waals surface area (Å²) >= 11 is 0. The van der Waals surface area contributed by atoms with E-state index in [0.29, 0.717) is 6.42 Å². The van der Waals surface area contributed by atoms with E-state index in [-0.39, 0.29) is 109 Å². The van der Waals surface area contributed by atoms with Crippen LogP contribution in [0.4, 0.5) is 0 Å². The quantitative estimate of drug-likeness (QED) is 0.179. The molecule has 0 aromatic heterocycles. The van der Waals surface area contributed by atoms with E-state index in [1.54, 1.807) is 0 Å². The van der Waals surface area contributed by atoms with Crippen molar-refractivity contribution in [1.29, 1.82) is 0 Å². The molecule has 24 heavy (non-hydrogen) atoms. The van der Waals surface area contributed by atoms with E-state index in [1.165, 1.54) is 83.5 Å². The molecule has 0 N–H and O–H groups in total. The summed E-state index contributed by atoms with van der Waals surface area (Å²) in [4.78, 5) is 20.9. The summed E-state index contributed by atoms with van der Waals surface area (Å²) in [7, 11) is -4.25. The summed E-state index contributed by atoms with van der Waals surface area (Å²) in [5, 5.41) is 0. The van der Waals surface area contributed by atoms with Crippen LogP contribution in [0.15, 0.2) is 0 Å². The predicted octanol–water partition coefficient (Wildman–Crippen LogP) is -0.830. The maximum atomic E-state index is 10.5. The first-order valence-corrected chi connectivity index (χ1v) is 11.3. The van der Waals surface area contributed by atoms with Crippen LogP contribution in [0.3, 0.4) is 0 Å². The van der Waals surface area contributed by atoms with E-state index in [0.717, 1.165) is 12.8 Å². The second-order valence-corrected chi connectivity index (χ2v) is 8.31. The number of rotatable bonds is 17. The van der Waals surface area contributed by atoms with Gasteiger partial charge in [0.05, 0.1) is 0 Å². The monoisotopic (exact) mass is 410 g/mol. The first kappa shape index (κ1) is 32.1. The van der Waals surface area contributed by atoms with Gasteiger partial charge in [-0.2, -0.15) is 0 Å². The molecule has 0 atom stereocenters. The van der Waals surface area contributed by atoms with Gasteiger partial charge in [-0.05, 0) is 12.6 Å². The Balaban J connectivity index is -0.00000220. The Hall–Kier alpha value is 3.42. The molecule has 0 unspecified atom stereocenters. The van der Waals surface area contributed by atoms with E-state index in [1.807, 2.05) is 0 Å². The molecule has 0 rings (SSSR count).